The Kier molecular flexibility index (Phi) is 5.11. The lowest BCUT2D eigenvalue weighted by Gasteiger charge is -2.32. The summed E-state index contributed by atoms with van der Waals surface area (Å²) in [6, 6.07) is 12.2. The molecule has 0 unspecified atom stereocenters. The zero-order valence-corrected chi connectivity index (χ0v) is 16.7. The Labute approximate surface area is 168 Å². The molecule has 1 aliphatic rings. The van der Waals surface area contributed by atoms with Gasteiger partial charge in [-0.15, -0.1) is 0 Å². The number of fused-ring (bicyclic) bond motifs is 1. The number of aryl methyl sites for hydroxylation is 1. The minimum atomic E-state index is -0.00325. The highest BCUT2D eigenvalue weighted by Gasteiger charge is 2.27. The molecule has 4 nitrogen and oxygen atoms in total. The van der Waals surface area contributed by atoms with Crippen LogP contribution in [0.4, 0.5) is 0 Å². The van der Waals surface area contributed by atoms with Gasteiger partial charge in [0.2, 0.25) is 0 Å². The smallest absolute Gasteiger partial charge is 0.272 e. The number of pyridine rings is 1. The highest BCUT2D eigenvalue weighted by atomic mass is 35.5. The summed E-state index contributed by atoms with van der Waals surface area (Å²) in [6.45, 7) is 3.36. The first-order valence-electron chi connectivity index (χ1n) is 9.20. The van der Waals surface area contributed by atoms with Gasteiger partial charge in [-0.25, -0.2) is 4.98 Å². The van der Waals surface area contributed by atoms with E-state index in [9.17, 15) is 4.79 Å². The molecule has 2 aromatic heterocycles. The minimum Gasteiger partial charge on any atom is -0.337 e. The van der Waals surface area contributed by atoms with Crippen LogP contribution in [0.2, 0.25) is 10.0 Å². The predicted molar refractivity (Wildman–Crippen MR) is 109 cm³/mol. The Hall–Kier alpha value is -2.04. The van der Waals surface area contributed by atoms with Gasteiger partial charge in [-0.05, 0) is 43.7 Å². The molecule has 1 aromatic carbocycles. The molecule has 6 heteroatoms. The first kappa shape index (κ1) is 18.3. The SMILES string of the molecule is Cc1nc2c(Cl)cc(Cl)cn2c1C(=O)N1CCC(Cc2ccccc2)CC1. The first-order chi connectivity index (χ1) is 13.0. The van der Waals surface area contributed by atoms with Crippen LogP contribution in [0.5, 0.6) is 0 Å². The summed E-state index contributed by atoms with van der Waals surface area (Å²) in [5.41, 5.74) is 3.16. The van der Waals surface area contributed by atoms with Gasteiger partial charge in [-0.1, -0.05) is 53.5 Å². The van der Waals surface area contributed by atoms with Crippen molar-refractivity contribution in [1.82, 2.24) is 14.3 Å². The molecule has 0 atom stereocenters. The van der Waals surface area contributed by atoms with Crippen LogP contribution < -0.4 is 0 Å². The third kappa shape index (κ3) is 3.69. The molecule has 140 valence electrons. The fraction of sp³-hybridized carbons (Fsp3) is 0.333. The van der Waals surface area contributed by atoms with E-state index in [0.29, 0.717) is 33.0 Å². The number of hydrogen-bond acceptors (Lipinski definition) is 2. The Morgan fingerprint density at radius 2 is 1.89 bits per heavy atom. The zero-order valence-electron chi connectivity index (χ0n) is 15.2. The Balaban J connectivity index is 1.50. The number of benzene rings is 1. The van der Waals surface area contributed by atoms with E-state index in [2.05, 4.69) is 29.2 Å². The van der Waals surface area contributed by atoms with Gasteiger partial charge >= 0.3 is 0 Å². The molecule has 27 heavy (non-hydrogen) atoms. The first-order valence-corrected chi connectivity index (χ1v) is 9.95. The van der Waals surface area contributed by atoms with Crippen LogP contribution in [0, 0.1) is 12.8 Å². The van der Waals surface area contributed by atoms with Gasteiger partial charge in [0.1, 0.15) is 5.69 Å². The number of piperidine rings is 1. The van der Waals surface area contributed by atoms with Crippen molar-refractivity contribution in [3.8, 4) is 0 Å². The van der Waals surface area contributed by atoms with E-state index in [1.165, 1.54) is 5.56 Å². The molecule has 4 rings (SSSR count). The average Bonchev–Trinajstić information content (AvgIpc) is 2.99. The zero-order chi connectivity index (χ0) is 19.0. The largest absolute Gasteiger partial charge is 0.337 e. The molecule has 1 fully saturated rings. The Morgan fingerprint density at radius 3 is 2.59 bits per heavy atom. The summed E-state index contributed by atoms with van der Waals surface area (Å²) >= 11 is 12.4. The molecule has 0 N–H and O–H groups in total. The fourth-order valence-corrected chi connectivity index (χ4v) is 4.39. The van der Waals surface area contributed by atoms with E-state index in [-0.39, 0.29) is 5.91 Å². The van der Waals surface area contributed by atoms with Crippen LogP contribution in [0.15, 0.2) is 42.6 Å². The number of carbonyl (C=O) groups excluding carboxylic acids is 1. The van der Waals surface area contributed by atoms with E-state index in [4.69, 9.17) is 23.2 Å². The lowest BCUT2D eigenvalue weighted by Crippen LogP contribution is -2.39. The lowest BCUT2D eigenvalue weighted by atomic mass is 9.90. The molecule has 3 heterocycles. The van der Waals surface area contributed by atoms with Crippen molar-refractivity contribution in [2.45, 2.75) is 26.2 Å². The molecule has 0 spiro atoms. The van der Waals surface area contributed by atoms with Gasteiger partial charge in [0.05, 0.1) is 15.7 Å². The maximum Gasteiger partial charge on any atom is 0.272 e. The van der Waals surface area contributed by atoms with Crippen LogP contribution in [0.25, 0.3) is 5.65 Å². The van der Waals surface area contributed by atoms with Crippen molar-refractivity contribution in [3.05, 3.63) is 69.6 Å². The summed E-state index contributed by atoms with van der Waals surface area (Å²) < 4.78 is 1.72. The summed E-state index contributed by atoms with van der Waals surface area (Å²) in [6.07, 6.45) is 4.80. The van der Waals surface area contributed by atoms with Crippen molar-refractivity contribution >= 4 is 34.8 Å². The number of hydrogen-bond donors (Lipinski definition) is 0. The van der Waals surface area contributed by atoms with Gasteiger partial charge in [0.25, 0.3) is 5.91 Å². The third-order valence-corrected chi connectivity index (χ3v) is 5.77. The van der Waals surface area contributed by atoms with Crippen molar-refractivity contribution in [1.29, 1.82) is 0 Å². The van der Waals surface area contributed by atoms with Crippen molar-refractivity contribution in [3.63, 3.8) is 0 Å². The van der Waals surface area contributed by atoms with Crippen LogP contribution in [0.3, 0.4) is 0 Å². The number of halogens is 2. The average molecular weight is 402 g/mol. The molecule has 1 amide bonds. The molecule has 0 aliphatic carbocycles. The molecule has 1 saturated heterocycles. The molecule has 0 bridgehead atoms. The lowest BCUT2D eigenvalue weighted by molar-refractivity contribution is 0.0682. The number of likely N-dealkylation sites (tertiary alicyclic amines) is 1. The van der Waals surface area contributed by atoms with Crippen LogP contribution in [0.1, 0.15) is 34.6 Å². The van der Waals surface area contributed by atoms with Gasteiger partial charge in [0.15, 0.2) is 5.65 Å². The van der Waals surface area contributed by atoms with Crippen LogP contribution in [-0.4, -0.2) is 33.3 Å². The number of imidazole rings is 1. The van der Waals surface area contributed by atoms with E-state index in [1.807, 2.05) is 17.9 Å². The molecular formula is C21H21Cl2N3O. The monoisotopic (exact) mass is 401 g/mol. The van der Waals surface area contributed by atoms with E-state index < -0.39 is 0 Å². The number of amides is 1. The second-order valence-electron chi connectivity index (χ2n) is 7.17. The third-order valence-electron chi connectivity index (χ3n) is 5.29. The fourth-order valence-electron chi connectivity index (χ4n) is 3.88. The van der Waals surface area contributed by atoms with Crippen LogP contribution >= 0.6 is 23.2 Å². The topological polar surface area (TPSA) is 37.6 Å². The Morgan fingerprint density at radius 1 is 1.19 bits per heavy atom. The number of carbonyl (C=O) groups is 1. The second kappa shape index (κ2) is 7.53. The maximum atomic E-state index is 13.2. The van der Waals surface area contributed by atoms with Gasteiger partial charge in [-0.2, -0.15) is 0 Å². The van der Waals surface area contributed by atoms with E-state index in [1.54, 1.807) is 16.7 Å². The quantitative estimate of drug-likeness (QED) is 0.615. The highest BCUT2D eigenvalue weighted by Crippen LogP contribution is 2.27. The van der Waals surface area contributed by atoms with Crippen molar-refractivity contribution in [2.75, 3.05) is 13.1 Å². The standard InChI is InChI=1S/C21H21Cl2N3O/c1-14-19(26-13-17(22)12-18(23)20(26)24-14)21(27)25-9-7-16(8-10-25)11-15-5-3-2-4-6-15/h2-6,12-13,16H,7-11H2,1H3. The summed E-state index contributed by atoms with van der Waals surface area (Å²) in [7, 11) is 0. The van der Waals surface area contributed by atoms with Gasteiger partial charge in [-0.3, -0.25) is 9.20 Å². The molecule has 3 aromatic rings. The summed E-state index contributed by atoms with van der Waals surface area (Å²) in [5.74, 6) is 0.611. The number of aromatic nitrogens is 2. The number of nitrogens with zero attached hydrogens (tertiary/aromatic N) is 3. The van der Waals surface area contributed by atoms with Crippen molar-refractivity contribution < 1.29 is 4.79 Å². The summed E-state index contributed by atoms with van der Waals surface area (Å²) in [4.78, 5) is 19.6. The predicted octanol–water partition coefficient (Wildman–Crippen LogP) is 5.04. The second-order valence-corrected chi connectivity index (χ2v) is 8.01. The summed E-state index contributed by atoms with van der Waals surface area (Å²) in [5, 5.41) is 0.937. The molecule has 0 saturated carbocycles. The maximum absolute atomic E-state index is 13.2. The van der Waals surface area contributed by atoms with E-state index >= 15 is 0 Å². The molecular weight excluding hydrogens is 381 g/mol. The van der Waals surface area contributed by atoms with Crippen molar-refractivity contribution in [2.24, 2.45) is 5.92 Å². The van der Waals surface area contributed by atoms with Gasteiger partial charge in [0, 0.05) is 19.3 Å². The highest BCUT2D eigenvalue weighted by molar-refractivity contribution is 6.36. The number of rotatable bonds is 3. The van der Waals surface area contributed by atoms with Gasteiger partial charge < -0.3 is 4.90 Å². The normalized spacial score (nSPS) is 15.4. The van der Waals surface area contributed by atoms with E-state index in [0.717, 1.165) is 32.4 Å². The molecule has 1 aliphatic heterocycles. The molecule has 0 radical (unpaired) electrons. The Bertz CT molecular complexity index is 976. The minimum absolute atomic E-state index is 0.00325. The van der Waals surface area contributed by atoms with Crippen LogP contribution in [-0.2, 0) is 6.42 Å².